The number of aromatic nitrogens is 2. The third kappa shape index (κ3) is 2.90. The summed E-state index contributed by atoms with van der Waals surface area (Å²) in [6.07, 6.45) is 4.50. The van der Waals surface area contributed by atoms with Crippen molar-refractivity contribution in [3.8, 4) is 0 Å². The lowest BCUT2D eigenvalue weighted by atomic mass is 10.2. The van der Waals surface area contributed by atoms with Crippen LogP contribution in [0.3, 0.4) is 0 Å². The molecule has 0 atom stereocenters. The summed E-state index contributed by atoms with van der Waals surface area (Å²) >= 11 is 0. The van der Waals surface area contributed by atoms with Crippen molar-refractivity contribution in [2.24, 2.45) is 0 Å². The van der Waals surface area contributed by atoms with Gasteiger partial charge in [0.15, 0.2) is 5.76 Å². The van der Waals surface area contributed by atoms with E-state index < -0.39 is 0 Å². The quantitative estimate of drug-likeness (QED) is 0.831. The molecule has 4 heteroatoms. The third-order valence-electron chi connectivity index (χ3n) is 2.35. The van der Waals surface area contributed by atoms with Crippen LogP contribution in [0.2, 0.25) is 0 Å². The molecule has 0 saturated heterocycles. The lowest BCUT2D eigenvalue weighted by molar-refractivity contribution is 0.368. The summed E-state index contributed by atoms with van der Waals surface area (Å²) in [5, 5.41) is 7.23. The van der Waals surface area contributed by atoms with Gasteiger partial charge in [0.05, 0.1) is 12.2 Å². The van der Waals surface area contributed by atoms with Crippen molar-refractivity contribution < 1.29 is 4.52 Å². The van der Waals surface area contributed by atoms with Crippen LogP contribution < -0.4 is 5.32 Å². The molecule has 2 heterocycles. The Labute approximate surface area is 94.7 Å². The van der Waals surface area contributed by atoms with Crippen LogP contribution in [0.15, 0.2) is 35.1 Å². The Kier molecular flexibility index (Phi) is 3.66. The van der Waals surface area contributed by atoms with Crippen LogP contribution >= 0.6 is 0 Å². The minimum absolute atomic E-state index is 0.704. The molecule has 0 saturated carbocycles. The molecule has 84 valence electrons. The van der Waals surface area contributed by atoms with Gasteiger partial charge in [0.2, 0.25) is 0 Å². The molecule has 0 aliphatic carbocycles. The van der Waals surface area contributed by atoms with Gasteiger partial charge in [-0.25, -0.2) is 0 Å². The van der Waals surface area contributed by atoms with Crippen LogP contribution in [-0.2, 0) is 19.5 Å². The average molecular weight is 217 g/mol. The summed E-state index contributed by atoms with van der Waals surface area (Å²) in [5.74, 6) is 0.880. The second kappa shape index (κ2) is 5.42. The van der Waals surface area contributed by atoms with Crippen LogP contribution in [0.5, 0.6) is 0 Å². The molecule has 0 amide bonds. The van der Waals surface area contributed by atoms with Crippen molar-refractivity contribution >= 4 is 0 Å². The highest BCUT2D eigenvalue weighted by atomic mass is 16.5. The van der Waals surface area contributed by atoms with Crippen LogP contribution in [0.25, 0.3) is 0 Å². The highest BCUT2D eigenvalue weighted by molar-refractivity contribution is 5.10. The molecule has 0 fully saturated rings. The zero-order chi connectivity index (χ0) is 11.2. The van der Waals surface area contributed by atoms with Crippen LogP contribution in [0, 0.1) is 0 Å². The molecule has 0 bridgehead atoms. The molecular weight excluding hydrogens is 202 g/mol. The van der Waals surface area contributed by atoms with Crippen LogP contribution in [0.4, 0.5) is 0 Å². The van der Waals surface area contributed by atoms with Crippen molar-refractivity contribution in [3.63, 3.8) is 0 Å². The summed E-state index contributed by atoms with van der Waals surface area (Å²) in [4.78, 5) is 3.97. The normalized spacial score (nSPS) is 10.6. The van der Waals surface area contributed by atoms with E-state index in [1.165, 1.54) is 5.56 Å². The van der Waals surface area contributed by atoms with Gasteiger partial charge in [0.25, 0.3) is 0 Å². The molecule has 2 aromatic heterocycles. The Hall–Kier alpha value is -1.68. The van der Waals surface area contributed by atoms with Crippen molar-refractivity contribution in [1.82, 2.24) is 15.5 Å². The molecule has 1 N–H and O–H groups in total. The van der Waals surface area contributed by atoms with Gasteiger partial charge >= 0.3 is 0 Å². The Morgan fingerprint density at radius 3 is 2.75 bits per heavy atom. The first kappa shape index (κ1) is 10.8. The summed E-state index contributed by atoms with van der Waals surface area (Å²) in [5.41, 5.74) is 2.21. The Balaban J connectivity index is 1.80. The fourth-order valence-electron chi connectivity index (χ4n) is 1.44. The lowest BCUT2D eigenvalue weighted by Gasteiger charge is -2.01. The second-order valence-electron chi connectivity index (χ2n) is 3.60. The number of hydrogen-bond donors (Lipinski definition) is 1. The largest absolute Gasteiger partial charge is 0.360 e. The van der Waals surface area contributed by atoms with E-state index in [0.717, 1.165) is 24.4 Å². The first-order valence-corrected chi connectivity index (χ1v) is 5.42. The maximum Gasteiger partial charge on any atom is 0.150 e. The number of aryl methyl sites for hydroxylation is 1. The SMILES string of the molecule is CCc1cc(CNCc2ccncc2)on1. The number of nitrogens with one attached hydrogen (secondary N) is 1. The molecule has 2 rings (SSSR count). The molecule has 0 spiro atoms. The van der Waals surface area contributed by atoms with Crippen molar-refractivity contribution in [2.45, 2.75) is 26.4 Å². The molecule has 0 radical (unpaired) electrons. The van der Waals surface area contributed by atoms with E-state index in [0.29, 0.717) is 6.54 Å². The molecule has 2 aromatic rings. The van der Waals surface area contributed by atoms with Crippen LogP contribution in [0.1, 0.15) is 23.9 Å². The number of pyridine rings is 1. The average Bonchev–Trinajstić information content (AvgIpc) is 2.78. The molecule has 4 nitrogen and oxygen atoms in total. The summed E-state index contributed by atoms with van der Waals surface area (Å²) < 4.78 is 5.17. The molecule has 0 aromatic carbocycles. The zero-order valence-corrected chi connectivity index (χ0v) is 9.31. The fourth-order valence-corrected chi connectivity index (χ4v) is 1.44. The molecule has 0 aliphatic heterocycles. The molecule has 16 heavy (non-hydrogen) atoms. The van der Waals surface area contributed by atoms with E-state index >= 15 is 0 Å². The van der Waals surface area contributed by atoms with Gasteiger partial charge in [0.1, 0.15) is 0 Å². The maximum atomic E-state index is 5.17. The summed E-state index contributed by atoms with van der Waals surface area (Å²) in [6.45, 7) is 3.58. The fraction of sp³-hybridized carbons (Fsp3) is 0.333. The van der Waals surface area contributed by atoms with Gasteiger partial charge in [0, 0.05) is 25.0 Å². The standard InChI is InChI=1S/C12H15N3O/c1-2-11-7-12(16-15-11)9-14-8-10-3-5-13-6-4-10/h3-7,14H,2,8-9H2,1H3. The van der Waals surface area contributed by atoms with Gasteiger partial charge in [-0.05, 0) is 24.1 Å². The van der Waals surface area contributed by atoms with Gasteiger partial charge in [-0.3, -0.25) is 4.98 Å². The Morgan fingerprint density at radius 1 is 1.25 bits per heavy atom. The van der Waals surface area contributed by atoms with E-state index in [1.54, 1.807) is 12.4 Å². The monoisotopic (exact) mass is 217 g/mol. The predicted molar refractivity (Wildman–Crippen MR) is 60.7 cm³/mol. The lowest BCUT2D eigenvalue weighted by Crippen LogP contribution is -2.12. The number of rotatable bonds is 5. The minimum atomic E-state index is 0.704. The van der Waals surface area contributed by atoms with Gasteiger partial charge in [-0.15, -0.1) is 0 Å². The Bertz CT molecular complexity index is 425. The third-order valence-corrected chi connectivity index (χ3v) is 2.35. The smallest absolute Gasteiger partial charge is 0.150 e. The van der Waals surface area contributed by atoms with E-state index in [-0.39, 0.29) is 0 Å². The van der Waals surface area contributed by atoms with E-state index in [2.05, 4.69) is 22.4 Å². The molecule has 0 unspecified atom stereocenters. The first-order chi connectivity index (χ1) is 7.88. The number of nitrogens with zero attached hydrogens (tertiary/aromatic N) is 2. The van der Waals surface area contributed by atoms with E-state index in [9.17, 15) is 0 Å². The Morgan fingerprint density at radius 2 is 2.06 bits per heavy atom. The zero-order valence-electron chi connectivity index (χ0n) is 9.31. The summed E-state index contributed by atoms with van der Waals surface area (Å²) in [6, 6.07) is 5.97. The van der Waals surface area contributed by atoms with Crippen molar-refractivity contribution in [1.29, 1.82) is 0 Å². The highest BCUT2D eigenvalue weighted by Gasteiger charge is 2.01. The predicted octanol–water partition coefficient (Wildman–Crippen LogP) is 1.92. The van der Waals surface area contributed by atoms with Crippen LogP contribution in [-0.4, -0.2) is 10.1 Å². The van der Waals surface area contributed by atoms with Crippen molar-refractivity contribution in [3.05, 3.63) is 47.6 Å². The first-order valence-electron chi connectivity index (χ1n) is 5.42. The minimum Gasteiger partial charge on any atom is -0.360 e. The maximum absolute atomic E-state index is 5.17. The van der Waals surface area contributed by atoms with E-state index in [4.69, 9.17) is 4.52 Å². The molecular formula is C12H15N3O. The van der Waals surface area contributed by atoms with Gasteiger partial charge < -0.3 is 9.84 Å². The molecule has 0 aliphatic rings. The van der Waals surface area contributed by atoms with Crippen molar-refractivity contribution in [2.75, 3.05) is 0 Å². The van der Waals surface area contributed by atoms with Gasteiger partial charge in [-0.1, -0.05) is 12.1 Å². The number of hydrogen-bond acceptors (Lipinski definition) is 4. The topological polar surface area (TPSA) is 51.0 Å². The van der Waals surface area contributed by atoms with E-state index in [1.807, 2.05) is 18.2 Å². The van der Waals surface area contributed by atoms with Gasteiger partial charge in [-0.2, -0.15) is 0 Å². The second-order valence-corrected chi connectivity index (χ2v) is 3.60. The summed E-state index contributed by atoms with van der Waals surface area (Å²) in [7, 11) is 0. The highest BCUT2D eigenvalue weighted by Crippen LogP contribution is 2.04.